The van der Waals surface area contributed by atoms with Crippen LogP contribution in [0, 0.1) is 6.92 Å². The van der Waals surface area contributed by atoms with Gasteiger partial charge in [0.2, 0.25) is 5.91 Å². The van der Waals surface area contributed by atoms with Gasteiger partial charge in [-0.15, -0.1) is 0 Å². The predicted molar refractivity (Wildman–Crippen MR) is 93.6 cm³/mol. The third-order valence-electron chi connectivity index (χ3n) is 3.54. The largest absolute Gasteiger partial charge is 0.333 e. The molecule has 1 amide bonds. The summed E-state index contributed by atoms with van der Waals surface area (Å²) >= 11 is 1.44. The van der Waals surface area contributed by atoms with Crippen LogP contribution in [0.1, 0.15) is 18.9 Å². The van der Waals surface area contributed by atoms with Crippen LogP contribution < -0.4 is 5.32 Å². The summed E-state index contributed by atoms with van der Waals surface area (Å²) in [4.78, 5) is 24.5. The summed E-state index contributed by atoms with van der Waals surface area (Å²) < 4.78 is 0. The van der Waals surface area contributed by atoms with Crippen LogP contribution in [0.5, 0.6) is 0 Å². The van der Waals surface area contributed by atoms with Crippen molar-refractivity contribution in [2.75, 3.05) is 5.32 Å². The fraction of sp³-hybridized carbons (Fsp3) is 0.235. The molecule has 0 aliphatic heterocycles. The minimum Gasteiger partial charge on any atom is -0.333 e. The number of anilines is 1. The number of fused-ring (bicyclic) bond motifs is 1. The molecule has 2 heterocycles. The topological polar surface area (TPSA) is 70.7 Å². The van der Waals surface area contributed by atoms with Crippen molar-refractivity contribution in [2.24, 2.45) is 0 Å². The first-order valence-electron chi connectivity index (χ1n) is 7.51. The zero-order valence-corrected chi connectivity index (χ0v) is 13.9. The van der Waals surface area contributed by atoms with Crippen LogP contribution in [0.4, 0.5) is 5.82 Å². The van der Waals surface area contributed by atoms with Crippen molar-refractivity contribution in [3.05, 3.63) is 48.2 Å². The Bertz CT molecular complexity index is 797. The third-order valence-corrected chi connectivity index (χ3v) is 4.78. The number of nitrogens with one attached hydrogen (secondary N) is 2. The molecule has 2 N–H and O–H groups in total. The molecule has 1 atom stereocenters. The van der Waals surface area contributed by atoms with Crippen molar-refractivity contribution in [1.29, 1.82) is 0 Å². The van der Waals surface area contributed by atoms with Crippen LogP contribution in [0.3, 0.4) is 0 Å². The summed E-state index contributed by atoms with van der Waals surface area (Å²) in [6, 6.07) is 11.6. The maximum Gasteiger partial charge on any atom is 0.239 e. The molecule has 118 valence electrons. The molecule has 23 heavy (non-hydrogen) atoms. The molecule has 0 saturated carbocycles. The number of thioether (sulfide) groups is 1. The first-order chi connectivity index (χ1) is 11.2. The van der Waals surface area contributed by atoms with Gasteiger partial charge in [-0.25, -0.2) is 9.97 Å². The zero-order valence-electron chi connectivity index (χ0n) is 13.0. The zero-order chi connectivity index (χ0) is 16.2. The SMILES string of the molecule is CCC(Sc1nc2ccccc2[nH]1)C(=O)Nc1ncccc1C. The highest BCUT2D eigenvalue weighted by atomic mass is 32.2. The molecule has 0 fully saturated rings. The Kier molecular flexibility index (Phi) is 4.62. The Labute approximate surface area is 138 Å². The molecule has 2 aromatic heterocycles. The number of rotatable bonds is 5. The number of benzene rings is 1. The van der Waals surface area contributed by atoms with Crippen molar-refractivity contribution in [3.8, 4) is 0 Å². The Morgan fingerprint density at radius 3 is 2.87 bits per heavy atom. The molecule has 0 radical (unpaired) electrons. The molecular formula is C17H18N4OS. The number of aryl methyl sites for hydroxylation is 1. The van der Waals surface area contributed by atoms with Gasteiger partial charge in [0.25, 0.3) is 0 Å². The molecule has 1 aromatic carbocycles. The number of H-pyrrole nitrogens is 1. The van der Waals surface area contributed by atoms with Gasteiger partial charge in [-0.2, -0.15) is 0 Å². The second-order valence-electron chi connectivity index (χ2n) is 5.23. The van der Waals surface area contributed by atoms with Crippen molar-refractivity contribution in [2.45, 2.75) is 30.7 Å². The molecule has 0 bridgehead atoms. The Hall–Kier alpha value is -2.34. The Morgan fingerprint density at radius 2 is 2.13 bits per heavy atom. The molecule has 6 heteroatoms. The standard InChI is InChI=1S/C17H18N4OS/c1-3-14(16(22)21-15-11(2)7-6-10-18-15)23-17-19-12-8-4-5-9-13(12)20-17/h4-10,14H,3H2,1-2H3,(H,19,20)(H,18,21,22). The minimum atomic E-state index is -0.225. The minimum absolute atomic E-state index is 0.0558. The predicted octanol–water partition coefficient (Wildman–Crippen LogP) is 3.78. The lowest BCUT2D eigenvalue weighted by Gasteiger charge is -2.13. The van der Waals surface area contributed by atoms with E-state index in [4.69, 9.17) is 0 Å². The molecular weight excluding hydrogens is 308 g/mol. The number of nitrogens with zero attached hydrogens (tertiary/aromatic N) is 2. The lowest BCUT2D eigenvalue weighted by Crippen LogP contribution is -2.25. The van der Waals surface area contributed by atoms with Crippen LogP contribution in [0.25, 0.3) is 11.0 Å². The van der Waals surface area contributed by atoms with Gasteiger partial charge < -0.3 is 10.3 Å². The summed E-state index contributed by atoms with van der Waals surface area (Å²) in [6.45, 7) is 3.92. The Morgan fingerprint density at radius 1 is 1.30 bits per heavy atom. The second kappa shape index (κ2) is 6.83. The molecule has 0 saturated heterocycles. The fourth-order valence-electron chi connectivity index (χ4n) is 2.26. The number of para-hydroxylation sites is 2. The average molecular weight is 326 g/mol. The van der Waals surface area contributed by atoms with Gasteiger partial charge in [-0.3, -0.25) is 4.79 Å². The summed E-state index contributed by atoms with van der Waals surface area (Å²) in [5.41, 5.74) is 2.83. The summed E-state index contributed by atoms with van der Waals surface area (Å²) in [7, 11) is 0. The number of aromatic amines is 1. The summed E-state index contributed by atoms with van der Waals surface area (Å²) in [5, 5.41) is 3.43. The number of carbonyl (C=O) groups excluding carboxylic acids is 1. The van der Waals surface area contributed by atoms with Crippen LogP contribution in [0.2, 0.25) is 0 Å². The third kappa shape index (κ3) is 3.53. The number of aromatic nitrogens is 3. The summed E-state index contributed by atoms with van der Waals surface area (Å²) in [6.07, 6.45) is 2.38. The first kappa shape index (κ1) is 15.6. The van der Waals surface area contributed by atoms with E-state index in [1.807, 2.05) is 50.2 Å². The lowest BCUT2D eigenvalue weighted by molar-refractivity contribution is -0.115. The van der Waals surface area contributed by atoms with Gasteiger partial charge in [0.1, 0.15) is 5.82 Å². The first-order valence-corrected chi connectivity index (χ1v) is 8.39. The van der Waals surface area contributed by atoms with Gasteiger partial charge in [0.05, 0.1) is 16.3 Å². The number of pyridine rings is 1. The van der Waals surface area contributed by atoms with E-state index in [9.17, 15) is 4.79 Å². The number of imidazole rings is 1. The maximum atomic E-state index is 12.5. The molecule has 3 rings (SSSR count). The average Bonchev–Trinajstić information content (AvgIpc) is 2.97. The second-order valence-corrected chi connectivity index (χ2v) is 6.42. The van der Waals surface area contributed by atoms with E-state index in [1.165, 1.54) is 11.8 Å². The van der Waals surface area contributed by atoms with E-state index in [-0.39, 0.29) is 11.2 Å². The van der Waals surface area contributed by atoms with E-state index >= 15 is 0 Å². The number of hydrogen-bond acceptors (Lipinski definition) is 4. The van der Waals surface area contributed by atoms with Crippen LogP contribution in [-0.4, -0.2) is 26.1 Å². The smallest absolute Gasteiger partial charge is 0.239 e. The van der Waals surface area contributed by atoms with Gasteiger partial charge in [-0.1, -0.05) is 36.9 Å². The van der Waals surface area contributed by atoms with E-state index < -0.39 is 0 Å². The molecule has 0 aliphatic rings. The van der Waals surface area contributed by atoms with Crippen molar-refractivity contribution >= 4 is 34.5 Å². The van der Waals surface area contributed by atoms with Gasteiger partial charge in [0, 0.05) is 6.20 Å². The lowest BCUT2D eigenvalue weighted by atomic mass is 10.2. The maximum absolute atomic E-state index is 12.5. The van der Waals surface area contributed by atoms with Crippen molar-refractivity contribution in [1.82, 2.24) is 15.0 Å². The van der Waals surface area contributed by atoms with Gasteiger partial charge in [0.15, 0.2) is 5.16 Å². The Balaban J connectivity index is 1.74. The highest BCUT2D eigenvalue weighted by Gasteiger charge is 2.20. The van der Waals surface area contributed by atoms with Crippen molar-refractivity contribution in [3.63, 3.8) is 0 Å². The monoisotopic (exact) mass is 326 g/mol. The fourth-order valence-corrected chi connectivity index (χ4v) is 3.18. The van der Waals surface area contributed by atoms with E-state index in [0.29, 0.717) is 12.2 Å². The molecule has 1 unspecified atom stereocenters. The molecule has 5 nitrogen and oxygen atoms in total. The van der Waals surface area contributed by atoms with Crippen molar-refractivity contribution < 1.29 is 4.79 Å². The highest BCUT2D eigenvalue weighted by molar-refractivity contribution is 8.00. The van der Waals surface area contributed by atoms with Gasteiger partial charge in [-0.05, 0) is 37.1 Å². The van der Waals surface area contributed by atoms with Gasteiger partial charge >= 0.3 is 0 Å². The van der Waals surface area contributed by atoms with E-state index in [1.54, 1.807) is 6.20 Å². The van der Waals surface area contributed by atoms with E-state index in [0.717, 1.165) is 21.8 Å². The molecule has 0 spiro atoms. The molecule has 0 aliphatic carbocycles. The van der Waals surface area contributed by atoms with E-state index in [2.05, 4.69) is 20.3 Å². The number of carbonyl (C=O) groups is 1. The number of hydrogen-bond donors (Lipinski definition) is 2. The van der Waals surface area contributed by atoms with Crippen LogP contribution in [0.15, 0.2) is 47.8 Å². The normalized spacial score (nSPS) is 12.3. The van der Waals surface area contributed by atoms with Crippen LogP contribution >= 0.6 is 11.8 Å². The molecule has 3 aromatic rings. The highest BCUT2D eigenvalue weighted by Crippen LogP contribution is 2.26. The number of amides is 1. The quantitative estimate of drug-likeness (QED) is 0.700. The van der Waals surface area contributed by atoms with Crippen LogP contribution in [-0.2, 0) is 4.79 Å². The summed E-state index contributed by atoms with van der Waals surface area (Å²) in [5.74, 6) is 0.556.